The minimum absolute atomic E-state index is 0.0315. The normalized spacial score (nSPS) is 22.8. The highest BCUT2D eigenvalue weighted by molar-refractivity contribution is 5.84. The summed E-state index contributed by atoms with van der Waals surface area (Å²) < 4.78 is 5.25. The molecule has 0 aliphatic carbocycles. The summed E-state index contributed by atoms with van der Waals surface area (Å²) in [6.07, 6.45) is 5.00. The van der Waals surface area contributed by atoms with E-state index in [9.17, 15) is 14.7 Å². The molecule has 2 aliphatic heterocycles. The van der Waals surface area contributed by atoms with Crippen molar-refractivity contribution in [3.63, 3.8) is 0 Å². The molecule has 0 saturated carbocycles. The minimum atomic E-state index is -0.931. The molecule has 3 heterocycles. The summed E-state index contributed by atoms with van der Waals surface area (Å²) in [5.41, 5.74) is 1.01. The number of hydrogen-bond donors (Lipinski definition) is 1. The molecule has 7 heteroatoms. The molecule has 1 N–H and O–H groups in total. The number of aromatic nitrogens is 1. The minimum Gasteiger partial charge on any atom is -0.480 e. The van der Waals surface area contributed by atoms with Gasteiger partial charge in [-0.3, -0.25) is 9.69 Å². The smallest absolute Gasteiger partial charge is 0.326 e. The third-order valence-corrected chi connectivity index (χ3v) is 5.49. The highest BCUT2D eigenvalue weighted by Crippen LogP contribution is 2.41. The molecule has 132 valence electrons. The Morgan fingerprint density at radius 2 is 2.12 bits per heavy atom. The zero-order chi connectivity index (χ0) is 17.3. The van der Waals surface area contributed by atoms with Crippen molar-refractivity contribution in [2.75, 3.05) is 19.6 Å². The van der Waals surface area contributed by atoms with E-state index < -0.39 is 12.0 Å². The molecule has 0 unspecified atom stereocenters. The Bertz CT molecular complexity index is 619. The maximum Gasteiger partial charge on any atom is 0.326 e. The SMILES string of the molecule is Cc1nc(CN2CCC3(CCC(=O)N([C@@H](C)C(=O)O)C3)CC2)co1. The van der Waals surface area contributed by atoms with Gasteiger partial charge in [0.1, 0.15) is 12.3 Å². The highest BCUT2D eigenvalue weighted by Gasteiger charge is 2.43. The lowest BCUT2D eigenvalue weighted by molar-refractivity contribution is -0.155. The summed E-state index contributed by atoms with van der Waals surface area (Å²) in [6, 6.07) is -0.745. The number of carbonyl (C=O) groups excluding carboxylic acids is 1. The largest absolute Gasteiger partial charge is 0.480 e. The Morgan fingerprint density at radius 3 is 2.71 bits per heavy atom. The molecule has 1 aromatic rings. The monoisotopic (exact) mass is 335 g/mol. The Morgan fingerprint density at radius 1 is 1.42 bits per heavy atom. The first-order chi connectivity index (χ1) is 11.4. The zero-order valence-corrected chi connectivity index (χ0v) is 14.3. The quantitative estimate of drug-likeness (QED) is 0.900. The van der Waals surface area contributed by atoms with E-state index in [1.165, 1.54) is 0 Å². The van der Waals surface area contributed by atoms with Gasteiger partial charge in [-0.05, 0) is 44.7 Å². The summed E-state index contributed by atoms with van der Waals surface area (Å²) in [7, 11) is 0. The predicted octanol–water partition coefficient (Wildman–Crippen LogP) is 1.66. The molecule has 1 aromatic heterocycles. The van der Waals surface area contributed by atoms with Gasteiger partial charge in [0.05, 0.1) is 5.69 Å². The molecule has 7 nitrogen and oxygen atoms in total. The molecule has 1 amide bonds. The highest BCUT2D eigenvalue weighted by atomic mass is 16.4. The molecule has 3 rings (SSSR count). The number of piperidine rings is 2. The number of aliphatic carboxylic acids is 1. The van der Waals surface area contributed by atoms with Crippen LogP contribution in [0, 0.1) is 12.3 Å². The van der Waals surface area contributed by atoms with Gasteiger partial charge in [-0.15, -0.1) is 0 Å². The fraction of sp³-hybridized carbons (Fsp3) is 0.706. The van der Waals surface area contributed by atoms with Gasteiger partial charge in [-0.25, -0.2) is 9.78 Å². The maximum atomic E-state index is 12.1. The topological polar surface area (TPSA) is 86.9 Å². The van der Waals surface area contributed by atoms with Gasteiger partial charge in [0.15, 0.2) is 5.89 Å². The average Bonchev–Trinajstić information content (AvgIpc) is 2.96. The van der Waals surface area contributed by atoms with Crippen molar-refractivity contribution < 1.29 is 19.1 Å². The van der Waals surface area contributed by atoms with Crippen LogP contribution in [0.4, 0.5) is 0 Å². The van der Waals surface area contributed by atoms with Crippen LogP contribution in [0.5, 0.6) is 0 Å². The molecule has 0 radical (unpaired) electrons. The van der Waals surface area contributed by atoms with Gasteiger partial charge in [-0.2, -0.15) is 0 Å². The van der Waals surface area contributed by atoms with Crippen molar-refractivity contribution >= 4 is 11.9 Å². The van der Waals surface area contributed by atoms with Gasteiger partial charge in [0.25, 0.3) is 0 Å². The van der Waals surface area contributed by atoms with Crippen molar-refractivity contribution in [1.29, 1.82) is 0 Å². The van der Waals surface area contributed by atoms with Gasteiger partial charge in [0.2, 0.25) is 5.91 Å². The van der Waals surface area contributed by atoms with E-state index in [0.29, 0.717) is 18.9 Å². The van der Waals surface area contributed by atoms with Gasteiger partial charge < -0.3 is 14.4 Å². The Labute approximate surface area is 141 Å². The maximum absolute atomic E-state index is 12.1. The van der Waals surface area contributed by atoms with Crippen LogP contribution in [0.2, 0.25) is 0 Å². The summed E-state index contributed by atoms with van der Waals surface area (Å²) in [6.45, 7) is 6.66. The molecule has 2 saturated heterocycles. The lowest BCUT2D eigenvalue weighted by Crippen LogP contribution is -2.55. The van der Waals surface area contributed by atoms with E-state index >= 15 is 0 Å². The van der Waals surface area contributed by atoms with Crippen molar-refractivity contribution in [2.24, 2.45) is 5.41 Å². The van der Waals surface area contributed by atoms with Crippen LogP contribution in [0.15, 0.2) is 10.7 Å². The molecule has 1 atom stereocenters. The van der Waals surface area contributed by atoms with Crippen molar-refractivity contribution in [1.82, 2.24) is 14.8 Å². The van der Waals surface area contributed by atoms with Crippen LogP contribution in [-0.2, 0) is 16.1 Å². The lowest BCUT2D eigenvalue weighted by atomic mass is 9.72. The molecule has 0 aromatic carbocycles. The van der Waals surface area contributed by atoms with Crippen LogP contribution >= 0.6 is 0 Å². The summed E-state index contributed by atoms with van der Waals surface area (Å²) in [5, 5.41) is 9.23. The average molecular weight is 335 g/mol. The second-order valence-corrected chi connectivity index (χ2v) is 7.17. The summed E-state index contributed by atoms with van der Waals surface area (Å²) >= 11 is 0. The number of carboxylic acids is 1. The van der Waals surface area contributed by atoms with Gasteiger partial charge in [0, 0.05) is 26.4 Å². The van der Waals surface area contributed by atoms with Gasteiger partial charge >= 0.3 is 5.97 Å². The van der Waals surface area contributed by atoms with E-state index in [1.54, 1.807) is 18.1 Å². The first kappa shape index (κ1) is 17.0. The summed E-state index contributed by atoms with van der Waals surface area (Å²) in [5.74, 6) is -0.280. The molecule has 24 heavy (non-hydrogen) atoms. The second kappa shape index (κ2) is 6.55. The van der Waals surface area contributed by atoms with E-state index in [0.717, 1.165) is 44.6 Å². The number of oxazole rings is 1. The third kappa shape index (κ3) is 3.45. The number of aryl methyl sites for hydroxylation is 1. The standard InChI is InChI=1S/C17H25N3O4/c1-12(16(22)23)20-11-17(4-3-15(20)21)5-7-19(8-6-17)9-14-10-24-13(2)18-14/h10,12H,3-9,11H2,1-2H3,(H,22,23)/t12-/m0/s1. The number of carboxylic acid groups (broad SMARTS) is 1. The fourth-order valence-electron chi connectivity index (χ4n) is 3.83. The predicted molar refractivity (Wildman–Crippen MR) is 86.2 cm³/mol. The van der Waals surface area contributed by atoms with E-state index in [-0.39, 0.29) is 11.3 Å². The third-order valence-electron chi connectivity index (χ3n) is 5.49. The number of hydrogen-bond acceptors (Lipinski definition) is 5. The number of amides is 1. The molecular weight excluding hydrogens is 310 g/mol. The first-order valence-corrected chi connectivity index (χ1v) is 8.54. The molecule has 0 bridgehead atoms. The van der Waals surface area contributed by atoms with Crippen LogP contribution in [0.1, 0.15) is 44.2 Å². The Hall–Kier alpha value is -1.89. The number of nitrogens with zero attached hydrogens (tertiary/aromatic N) is 3. The number of likely N-dealkylation sites (tertiary alicyclic amines) is 2. The van der Waals surface area contributed by atoms with Crippen molar-refractivity contribution in [3.8, 4) is 0 Å². The number of rotatable bonds is 4. The van der Waals surface area contributed by atoms with Crippen molar-refractivity contribution in [2.45, 2.75) is 52.1 Å². The fourth-order valence-corrected chi connectivity index (χ4v) is 3.83. The molecule has 2 aliphatic rings. The van der Waals surface area contributed by atoms with Crippen LogP contribution in [0.25, 0.3) is 0 Å². The molecule has 2 fully saturated rings. The Kier molecular flexibility index (Phi) is 4.62. The molecule has 1 spiro atoms. The zero-order valence-electron chi connectivity index (χ0n) is 14.3. The van der Waals surface area contributed by atoms with Crippen LogP contribution in [-0.4, -0.2) is 57.4 Å². The van der Waals surface area contributed by atoms with Gasteiger partial charge in [-0.1, -0.05) is 0 Å². The summed E-state index contributed by atoms with van der Waals surface area (Å²) in [4.78, 5) is 31.6. The van der Waals surface area contributed by atoms with E-state index in [4.69, 9.17) is 4.42 Å². The number of carbonyl (C=O) groups is 2. The van der Waals surface area contributed by atoms with Crippen LogP contribution < -0.4 is 0 Å². The van der Waals surface area contributed by atoms with Crippen molar-refractivity contribution in [3.05, 3.63) is 17.8 Å². The molecular formula is C17H25N3O4. The first-order valence-electron chi connectivity index (χ1n) is 8.54. The van der Waals surface area contributed by atoms with E-state index in [2.05, 4.69) is 9.88 Å². The lowest BCUT2D eigenvalue weighted by Gasteiger charge is -2.48. The van der Waals surface area contributed by atoms with E-state index in [1.807, 2.05) is 6.92 Å². The second-order valence-electron chi connectivity index (χ2n) is 7.17. The Balaban J connectivity index is 1.60. The van der Waals surface area contributed by atoms with Crippen LogP contribution in [0.3, 0.4) is 0 Å².